The van der Waals surface area contributed by atoms with Gasteiger partial charge >= 0.3 is 41.5 Å². The van der Waals surface area contributed by atoms with Crippen LogP contribution in [-0.4, -0.2) is 51.7 Å². The first kappa shape index (κ1) is 14.9. The molecule has 4 N–H and O–H groups in total. The zero-order chi connectivity index (χ0) is 9.56. The van der Waals surface area contributed by atoms with E-state index in [0.29, 0.717) is 12.2 Å². The van der Waals surface area contributed by atoms with Gasteiger partial charge in [-0.25, -0.2) is 9.59 Å². The molecule has 0 aliphatic carbocycles. The molecule has 0 saturated heterocycles. The summed E-state index contributed by atoms with van der Waals surface area (Å²) in [4.78, 5) is 24.5. The molecule has 8 heteroatoms. The summed E-state index contributed by atoms with van der Waals surface area (Å²) >= 11 is 4.30. The van der Waals surface area contributed by atoms with Gasteiger partial charge in [-0.3, -0.25) is 0 Å². The topological polar surface area (TPSA) is 102 Å². The molecule has 0 aromatic carbocycles. The molecule has 68 valence electrons. The van der Waals surface area contributed by atoms with Gasteiger partial charge in [0.2, 0.25) is 0 Å². The molecule has 0 fully saturated rings. The van der Waals surface area contributed by atoms with Crippen molar-refractivity contribution < 1.29 is 19.5 Å². The molecule has 0 aromatic heterocycles. The molecule has 0 heterocycles. The van der Waals surface area contributed by atoms with Crippen molar-refractivity contribution in [1.29, 1.82) is 0 Å². The van der Waals surface area contributed by atoms with E-state index in [1.807, 2.05) is 5.48 Å². The number of hydrogen-bond donors (Lipinski definition) is 3. The van der Waals surface area contributed by atoms with Crippen LogP contribution < -0.4 is 11.2 Å². The molecule has 0 aromatic rings. The molecular formula is C5H7N2NaO4S. The normalized spacial score (nSPS) is 8.62. The van der Waals surface area contributed by atoms with Gasteiger partial charge in [-0.1, -0.05) is 0 Å². The average molecular weight is 214 g/mol. The summed E-state index contributed by atoms with van der Waals surface area (Å²) in [5.74, 6) is -2.15. The van der Waals surface area contributed by atoms with Gasteiger partial charge in [0.05, 0.1) is 0 Å². The van der Waals surface area contributed by atoms with Crippen molar-refractivity contribution in [3.63, 3.8) is 0 Å². The number of hydroxylamine groups is 1. The van der Waals surface area contributed by atoms with Crippen LogP contribution in [-0.2, 0) is 14.4 Å². The fourth-order valence-corrected chi connectivity index (χ4v) is 0.316. The van der Waals surface area contributed by atoms with Crippen molar-refractivity contribution in [1.82, 2.24) is 5.48 Å². The van der Waals surface area contributed by atoms with E-state index >= 15 is 0 Å². The first-order chi connectivity index (χ1) is 5.52. The SMILES string of the molecule is NC(=S)NOC(=O)/C=C\C(=O)O.[NaH]. The monoisotopic (exact) mass is 214 g/mol. The van der Waals surface area contributed by atoms with Gasteiger partial charge in [-0.2, -0.15) is 5.48 Å². The van der Waals surface area contributed by atoms with Gasteiger partial charge in [0.25, 0.3) is 0 Å². The van der Waals surface area contributed by atoms with E-state index in [1.165, 1.54) is 0 Å². The van der Waals surface area contributed by atoms with Gasteiger partial charge < -0.3 is 15.7 Å². The summed E-state index contributed by atoms with van der Waals surface area (Å²) in [6.07, 6.45) is 1.34. The minimum atomic E-state index is -1.25. The van der Waals surface area contributed by atoms with Gasteiger partial charge in [0, 0.05) is 12.2 Å². The van der Waals surface area contributed by atoms with Crippen molar-refractivity contribution in [2.45, 2.75) is 0 Å². The number of nitrogens with two attached hydrogens (primary N) is 1. The molecule has 0 unspecified atom stereocenters. The maximum atomic E-state index is 10.5. The third-order valence-corrected chi connectivity index (χ3v) is 0.698. The number of aliphatic carboxylic acids is 1. The van der Waals surface area contributed by atoms with Gasteiger partial charge in [0.1, 0.15) is 0 Å². The summed E-state index contributed by atoms with van der Waals surface area (Å²) in [7, 11) is 0. The average Bonchev–Trinajstić information content (AvgIpc) is 1.96. The van der Waals surface area contributed by atoms with Crippen molar-refractivity contribution in [3.8, 4) is 0 Å². The van der Waals surface area contributed by atoms with Gasteiger partial charge in [-0.15, -0.1) is 0 Å². The van der Waals surface area contributed by atoms with Crippen molar-refractivity contribution in [2.75, 3.05) is 0 Å². The van der Waals surface area contributed by atoms with Crippen molar-refractivity contribution >= 4 is 58.8 Å². The van der Waals surface area contributed by atoms with E-state index in [-0.39, 0.29) is 34.7 Å². The van der Waals surface area contributed by atoms with Crippen LogP contribution in [0.5, 0.6) is 0 Å². The van der Waals surface area contributed by atoms with E-state index in [9.17, 15) is 9.59 Å². The number of carboxylic acid groups (broad SMARTS) is 1. The standard InChI is InChI=1S/C5H6N2O4S.Na.H/c6-5(12)7-11-4(10)2-1-3(8)9;;/h1-2H,(H,8,9)(H3,6,7,12);;/b2-1-;;. The van der Waals surface area contributed by atoms with E-state index in [0.717, 1.165) is 0 Å². The Morgan fingerprint density at radius 2 is 2.00 bits per heavy atom. The molecule has 0 atom stereocenters. The van der Waals surface area contributed by atoms with E-state index in [4.69, 9.17) is 10.8 Å². The molecule has 0 amide bonds. The van der Waals surface area contributed by atoms with Crippen LogP contribution in [0.25, 0.3) is 0 Å². The Morgan fingerprint density at radius 1 is 1.46 bits per heavy atom. The molecule has 0 spiro atoms. The summed E-state index contributed by atoms with van der Waals surface area (Å²) in [5, 5.41) is 7.86. The second-order valence-corrected chi connectivity index (χ2v) is 2.00. The fraction of sp³-hybridized carbons (Fsp3) is 0. The summed E-state index contributed by atoms with van der Waals surface area (Å²) in [6, 6.07) is 0. The van der Waals surface area contributed by atoms with Crippen LogP contribution in [0.2, 0.25) is 0 Å². The third kappa shape index (κ3) is 11.4. The minimum absolute atomic E-state index is 0. The van der Waals surface area contributed by atoms with Crippen LogP contribution in [0.15, 0.2) is 12.2 Å². The number of carbonyl (C=O) groups excluding carboxylic acids is 1. The molecule has 0 saturated carbocycles. The van der Waals surface area contributed by atoms with Crippen LogP contribution in [0, 0.1) is 0 Å². The molecule has 0 radical (unpaired) electrons. The van der Waals surface area contributed by atoms with Gasteiger partial charge in [-0.05, 0) is 12.2 Å². The Bertz CT molecular complexity index is 243. The number of carboxylic acids is 1. The van der Waals surface area contributed by atoms with E-state index in [2.05, 4.69) is 17.1 Å². The Balaban J connectivity index is 0. The number of rotatable bonds is 2. The quantitative estimate of drug-likeness (QED) is 0.217. The Morgan fingerprint density at radius 3 is 2.38 bits per heavy atom. The third-order valence-electron chi connectivity index (χ3n) is 0.614. The number of hydrogen-bond acceptors (Lipinski definition) is 4. The molecule has 0 rings (SSSR count). The van der Waals surface area contributed by atoms with Crippen molar-refractivity contribution in [2.24, 2.45) is 5.73 Å². The van der Waals surface area contributed by atoms with Crippen molar-refractivity contribution in [3.05, 3.63) is 12.2 Å². The fourth-order valence-electron chi connectivity index (χ4n) is 0.274. The van der Waals surface area contributed by atoms with Crippen LogP contribution in [0.1, 0.15) is 0 Å². The number of nitrogens with one attached hydrogen (secondary N) is 1. The summed E-state index contributed by atoms with van der Waals surface area (Å²) in [5.41, 5.74) is 6.78. The molecule has 0 aliphatic heterocycles. The first-order valence-corrected chi connectivity index (χ1v) is 3.10. The summed E-state index contributed by atoms with van der Waals surface area (Å²) < 4.78 is 0. The zero-order valence-electron chi connectivity index (χ0n) is 5.81. The summed E-state index contributed by atoms with van der Waals surface area (Å²) in [6.45, 7) is 0. The Labute approximate surface area is 101 Å². The van der Waals surface area contributed by atoms with E-state index in [1.54, 1.807) is 0 Å². The molecule has 13 heavy (non-hydrogen) atoms. The van der Waals surface area contributed by atoms with Crippen LogP contribution >= 0.6 is 12.2 Å². The number of thiocarbonyl (C=S) groups is 1. The predicted molar refractivity (Wildman–Crippen MR) is 49.9 cm³/mol. The second-order valence-electron chi connectivity index (χ2n) is 1.56. The van der Waals surface area contributed by atoms with Gasteiger partial charge in [0.15, 0.2) is 5.11 Å². The first-order valence-electron chi connectivity index (χ1n) is 2.69. The maximum absolute atomic E-state index is 10.5. The van der Waals surface area contributed by atoms with Crippen LogP contribution in [0.4, 0.5) is 0 Å². The Hall–Kier alpha value is -0.630. The second kappa shape index (κ2) is 7.99. The number of carbonyl (C=O) groups is 2. The van der Waals surface area contributed by atoms with Crippen LogP contribution in [0.3, 0.4) is 0 Å². The molecule has 0 bridgehead atoms. The van der Waals surface area contributed by atoms with E-state index < -0.39 is 11.9 Å². The molecular weight excluding hydrogens is 207 g/mol. The molecule has 6 nitrogen and oxygen atoms in total. The predicted octanol–water partition coefficient (Wildman–Crippen LogP) is -1.73. The molecule has 0 aliphatic rings. The Kier molecular flexibility index (Phi) is 9.14. The zero-order valence-corrected chi connectivity index (χ0v) is 6.63.